The van der Waals surface area contributed by atoms with Crippen LogP contribution in [0.4, 0.5) is 0 Å². The SMILES string of the molecule is C#CCn1c(=O)c(-c2ccccc2C)c(O)c2ncoc21.CC.[CH3-].[Y]. The van der Waals surface area contributed by atoms with Crippen LogP contribution in [0.2, 0.25) is 0 Å². The van der Waals surface area contributed by atoms with Crippen LogP contribution >= 0.6 is 0 Å². The molecule has 0 aliphatic rings. The molecule has 0 saturated heterocycles. The first-order valence-corrected chi connectivity index (χ1v) is 7.33. The first-order chi connectivity index (χ1) is 11.1. The molecule has 0 aliphatic heterocycles. The van der Waals surface area contributed by atoms with E-state index in [4.69, 9.17) is 10.8 Å². The number of benzene rings is 1. The van der Waals surface area contributed by atoms with Crippen molar-refractivity contribution in [3.05, 3.63) is 54.0 Å². The molecule has 5 nitrogen and oxygen atoms in total. The maximum atomic E-state index is 12.7. The number of oxazole rings is 1. The molecule has 0 bridgehead atoms. The quantitative estimate of drug-likeness (QED) is 0.512. The van der Waals surface area contributed by atoms with Gasteiger partial charge in [-0.3, -0.25) is 9.36 Å². The average molecular weight is 414 g/mol. The van der Waals surface area contributed by atoms with E-state index in [1.807, 2.05) is 32.9 Å². The molecule has 0 spiro atoms. The number of fused-ring (bicyclic) bond motifs is 1. The predicted molar refractivity (Wildman–Crippen MR) is 96.7 cm³/mol. The van der Waals surface area contributed by atoms with Crippen molar-refractivity contribution in [2.45, 2.75) is 27.3 Å². The number of aryl methyl sites for hydroxylation is 1. The second kappa shape index (κ2) is 10.2. The third-order valence-corrected chi connectivity index (χ3v) is 3.38. The van der Waals surface area contributed by atoms with Crippen LogP contribution in [0.3, 0.4) is 0 Å². The van der Waals surface area contributed by atoms with Gasteiger partial charge in [-0.15, -0.1) is 6.42 Å². The van der Waals surface area contributed by atoms with Crippen LogP contribution in [-0.4, -0.2) is 14.7 Å². The maximum absolute atomic E-state index is 12.7. The zero-order chi connectivity index (χ0) is 17.0. The van der Waals surface area contributed by atoms with Gasteiger partial charge in [0.15, 0.2) is 17.7 Å². The second-order valence-electron chi connectivity index (χ2n) is 4.64. The summed E-state index contributed by atoms with van der Waals surface area (Å²) in [6, 6.07) is 7.31. The molecule has 0 saturated carbocycles. The molecule has 3 aromatic rings. The average Bonchev–Trinajstić information content (AvgIpc) is 3.05. The number of terminal acetylenes is 1. The standard InChI is InChI=1S/C16H12N2O3.C2H6.CH3.Y/c1-3-8-18-15(20)12(11-7-5-4-6-10(11)2)14(19)13-16(18)21-9-17-13;1-2;;/h1,4-7,9,19H,8H2,2H3;1-2H3;1H3;/q;;-1;. The molecule has 0 fully saturated rings. The number of pyridine rings is 1. The van der Waals surface area contributed by atoms with Gasteiger partial charge in [0.25, 0.3) is 5.56 Å². The van der Waals surface area contributed by atoms with Crippen LogP contribution in [0.25, 0.3) is 22.4 Å². The number of hydrogen-bond acceptors (Lipinski definition) is 4. The summed E-state index contributed by atoms with van der Waals surface area (Å²) >= 11 is 0. The Kier molecular flexibility index (Phi) is 9.40. The van der Waals surface area contributed by atoms with Crippen molar-refractivity contribution in [2.24, 2.45) is 0 Å². The van der Waals surface area contributed by atoms with Crippen LogP contribution in [0.5, 0.6) is 5.75 Å². The molecule has 2 heterocycles. The topological polar surface area (TPSA) is 68.3 Å². The van der Waals surface area contributed by atoms with E-state index < -0.39 is 5.56 Å². The monoisotopic (exact) mass is 414 g/mol. The van der Waals surface area contributed by atoms with Gasteiger partial charge in [-0.25, -0.2) is 4.98 Å². The van der Waals surface area contributed by atoms with Crippen LogP contribution in [-0.2, 0) is 39.3 Å². The van der Waals surface area contributed by atoms with Crippen molar-refractivity contribution in [3.63, 3.8) is 0 Å². The fraction of sp³-hybridized carbons (Fsp3) is 0.211. The van der Waals surface area contributed by atoms with E-state index in [-0.39, 0.29) is 69.2 Å². The molecule has 1 aromatic carbocycles. The van der Waals surface area contributed by atoms with E-state index in [0.29, 0.717) is 5.56 Å². The zero-order valence-corrected chi connectivity index (χ0v) is 17.7. The number of nitrogens with zero attached hydrogens (tertiary/aromatic N) is 2. The predicted octanol–water partition coefficient (Wildman–Crippen LogP) is 3.78. The number of rotatable bonds is 2. The fourth-order valence-corrected chi connectivity index (χ4v) is 2.37. The Morgan fingerprint density at radius 3 is 2.56 bits per heavy atom. The summed E-state index contributed by atoms with van der Waals surface area (Å²) in [6.07, 6.45) is 6.49. The minimum Gasteiger partial charge on any atom is -0.505 e. The molecular formula is C19H21N2O3Y-. The third kappa shape index (κ3) is 4.20. The molecule has 0 atom stereocenters. The van der Waals surface area contributed by atoms with E-state index in [2.05, 4.69) is 10.9 Å². The number of hydrogen-bond donors (Lipinski definition) is 1. The van der Waals surface area contributed by atoms with Gasteiger partial charge in [-0.05, 0) is 18.1 Å². The van der Waals surface area contributed by atoms with Gasteiger partial charge in [-0.1, -0.05) is 44.0 Å². The van der Waals surface area contributed by atoms with Gasteiger partial charge in [0.1, 0.15) is 0 Å². The van der Waals surface area contributed by atoms with Crippen molar-refractivity contribution >= 4 is 11.2 Å². The van der Waals surface area contributed by atoms with Gasteiger partial charge in [0.2, 0.25) is 5.71 Å². The molecule has 129 valence electrons. The van der Waals surface area contributed by atoms with E-state index in [1.165, 1.54) is 11.0 Å². The van der Waals surface area contributed by atoms with Crippen LogP contribution in [0.1, 0.15) is 19.4 Å². The Labute approximate surface area is 173 Å². The van der Waals surface area contributed by atoms with Gasteiger partial charge < -0.3 is 17.0 Å². The molecule has 25 heavy (non-hydrogen) atoms. The normalized spacial score (nSPS) is 9.20. The minimum absolute atomic E-state index is 0. The van der Waals surface area contributed by atoms with Crippen LogP contribution in [0, 0.1) is 26.7 Å². The summed E-state index contributed by atoms with van der Waals surface area (Å²) in [4.78, 5) is 16.6. The summed E-state index contributed by atoms with van der Waals surface area (Å²) < 4.78 is 6.48. The smallest absolute Gasteiger partial charge is 0.265 e. The Morgan fingerprint density at radius 2 is 1.96 bits per heavy atom. The molecule has 0 aliphatic carbocycles. The Hall–Kier alpha value is -1.90. The minimum atomic E-state index is -0.399. The number of aromatic nitrogens is 2. The fourth-order valence-electron chi connectivity index (χ4n) is 2.37. The van der Waals surface area contributed by atoms with Crippen molar-refractivity contribution in [1.82, 2.24) is 9.55 Å². The van der Waals surface area contributed by atoms with Gasteiger partial charge >= 0.3 is 0 Å². The summed E-state index contributed by atoms with van der Waals surface area (Å²) in [5.74, 6) is 2.22. The Balaban J connectivity index is 0.00000139. The zero-order valence-electron chi connectivity index (χ0n) is 14.9. The van der Waals surface area contributed by atoms with Gasteiger partial charge in [0, 0.05) is 32.7 Å². The third-order valence-electron chi connectivity index (χ3n) is 3.38. The maximum Gasteiger partial charge on any atom is 0.265 e. The van der Waals surface area contributed by atoms with Gasteiger partial charge in [0.05, 0.1) is 12.1 Å². The summed E-state index contributed by atoms with van der Waals surface area (Å²) in [6.45, 7) is 5.91. The van der Waals surface area contributed by atoms with Crippen LogP contribution < -0.4 is 5.56 Å². The molecule has 0 unspecified atom stereocenters. The van der Waals surface area contributed by atoms with E-state index in [0.717, 1.165) is 5.56 Å². The molecule has 1 radical (unpaired) electrons. The first kappa shape index (κ1) is 23.1. The summed E-state index contributed by atoms with van der Waals surface area (Å²) in [5.41, 5.74) is 1.71. The van der Waals surface area contributed by atoms with Gasteiger partial charge in [-0.2, -0.15) is 0 Å². The van der Waals surface area contributed by atoms with E-state index >= 15 is 0 Å². The van der Waals surface area contributed by atoms with Crippen molar-refractivity contribution in [2.75, 3.05) is 0 Å². The number of aromatic hydroxyl groups is 1. The largest absolute Gasteiger partial charge is 0.505 e. The molecule has 3 rings (SSSR count). The van der Waals surface area contributed by atoms with E-state index in [9.17, 15) is 9.90 Å². The van der Waals surface area contributed by atoms with Crippen molar-refractivity contribution in [3.8, 4) is 29.2 Å². The van der Waals surface area contributed by atoms with Crippen molar-refractivity contribution in [1.29, 1.82) is 0 Å². The summed E-state index contributed by atoms with van der Waals surface area (Å²) in [7, 11) is 0. The van der Waals surface area contributed by atoms with E-state index in [1.54, 1.807) is 12.1 Å². The summed E-state index contributed by atoms with van der Waals surface area (Å²) in [5, 5.41) is 10.4. The van der Waals surface area contributed by atoms with Crippen LogP contribution in [0.15, 0.2) is 39.9 Å². The first-order valence-electron chi connectivity index (χ1n) is 7.33. The molecule has 1 N–H and O–H groups in total. The molecule has 0 amide bonds. The molecular weight excluding hydrogens is 393 g/mol. The Morgan fingerprint density at radius 1 is 1.32 bits per heavy atom. The Bertz CT molecular complexity index is 936. The molecule has 2 aromatic heterocycles. The molecule has 6 heteroatoms. The van der Waals surface area contributed by atoms with Crippen molar-refractivity contribution < 1.29 is 42.2 Å². The second-order valence-corrected chi connectivity index (χ2v) is 4.64.